The Bertz CT molecular complexity index is 1050. The SMILES string of the molecule is CN(C/C=C/C#CC(C)(C)C)Cc1cccc(OCc2cccc(-c3nnco3)c2)c1. The van der Waals surface area contributed by atoms with E-state index in [0.29, 0.717) is 12.5 Å². The van der Waals surface area contributed by atoms with Crippen LogP contribution >= 0.6 is 0 Å². The highest BCUT2D eigenvalue weighted by Crippen LogP contribution is 2.20. The molecule has 0 unspecified atom stereocenters. The first-order valence-electron chi connectivity index (χ1n) is 10.3. The Hall–Kier alpha value is -3.36. The van der Waals surface area contributed by atoms with Crippen LogP contribution in [0, 0.1) is 17.3 Å². The molecule has 5 nitrogen and oxygen atoms in total. The number of hydrogen-bond acceptors (Lipinski definition) is 5. The average molecular weight is 416 g/mol. The highest BCUT2D eigenvalue weighted by atomic mass is 16.5. The summed E-state index contributed by atoms with van der Waals surface area (Å²) in [7, 11) is 2.10. The first kappa shape index (κ1) is 22.3. The number of likely N-dealkylation sites (N-methyl/N-ethyl adjacent to an activating group) is 1. The van der Waals surface area contributed by atoms with Gasteiger partial charge in [0, 0.05) is 24.1 Å². The molecule has 1 aromatic heterocycles. The smallest absolute Gasteiger partial charge is 0.247 e. The molecule has 3 aromatic rings. The number of benzene rings is 2. The van der Waals surface area contributed by atoms with Crippen molar-refractivity contribution in [2.75, 3.05) is 13.6 Å². The lowest BCUT2D eigenvalue weighted by Gasteiger charge is -2.15. The molecule has 1 heterocycles. The molecule has 3 rings (SSSR count). The molecule has 160 valence electrons. The molecule has 0 atom stereocenters. The molecule has 31 heavy (non-hydrogen) atoms. The van der Waals surface area contributed by atoms with Gasteiger partial charge in [-0.2, -0.15) is 0 Å². The number of rotatable bonds is 8. The van der Waals surface area contributed by atoms with Gasteiger partial charge in [-0.25, -0.2) is 0 Å². The minimum absolute atomic E-state index is 0.0326. The van der Waals surface area contributed by atoms with Gasteiger partial charge in [0.2, 0.25) is 12.3 Å². The summed E-state index contributed by atoms with van der Waals surface area (Å²) in [5, 5.41) is 7.68. The third-order valence-electron chi connectivity index (χ3n) is 4.36. The number of aromatic nitrogens is 2. The van der Waals surface area contributed by atoms with Crippen molar-refractivity contribution in [1.82, 2.24) is 15.1 Å². The molecule has 0 radical (unpaired) electrons. The maximum absolute atomic E-state index is 6.01. The molecule has 0 saturated carbocycles. The van der Waals surface area contributed by atoms with Crippen molar-refractivity contribution in [1.29, 1.82) is 0 Å². The van der Waals surface area contributed by atoms with Gasteiger partial charge in [0.05, 0.1) is 0 Å². The maximum atomic E-state index is 6.01. The second-order valence-electron chi connectivity index (χ2n) is 8.50. The molecule has 2 aromatic carbocycles. The molecule has 0 aliphatic rings. The normalized spacial score (nSPS) is 11.5. The zero-order valence-electron chi connectivity index (χ0n) is 18.6. The fourth-order valence-electron chi connectivity index (χ4n) is 2.92. The monoisotopic (exact) mass is 415 g/mol. The number of hydrogen-bond donors (Lipinski definition) is 0. The fraction of sp³-hybridized carbons (Fsp3) is 0.308. The average Bonchev–Trinajstić information content (AvgIpc) is 3.27. The van der Waals surface area contributed by atoms with E-state index in [2.05, 4.69) is 73.0 Å². The molecule has 0 spiro atoms. The summed E-state index contributed by atoms with van der Waals surface area (Å²) < 4.78 is 11.3. The van der Waals surface area contributed by atoms with Gasteiger partial charge >= 0.3 is 0 Å². The molecule has 0 N–H and O–H groups in total. The summed E-state index contributed by atoms with van der Waals surface area (Å²) in [4.78, 5) is 2.24. The van der Waals surface area contributed by atoms with Crippen LogP contribution in [0.15, 0.2) is 71.5 Å². The Morgan fingerprint density at radius 1 is 1.10 bits per heavy atom. The molecular formula is C26H29N3O2. The Kier molecular flexibility index (Phi) is 7.64. The van der Waals surface area contributed by atoms with Crippen LogP contribution in [0.2, 0.25) is 0 Å². The Morgan fingerprint density at radius 3 is 2.68 bits per heavy atom. The predicted octanol–water partition coefficient (Wildman–Crippen LogP) is 5.35. The first-order chi connectivity index (χ1) is 14.9. The van der Waals surface area contributed by atoms with Gasteiger partial charge in [-0.1, -0.05) is 42.2 Å². The molecule has 0 bridgehead atoms. The van der Waals surface area contributed by atoms with Crippen molar-refractivity contribution in [3.8, 4) is 29.0 Å². The third-order valence-corrected chi connectivity index (χ3v) is 4.36. The van der Waals surface area contributed by atoms with Crippen molar-refractivity contribution in [3.63, 3.8) is 0 Å². The fourth-order valence-corrected chi connectivity index (χ4v) is 2.92. The summed E-state index contributed by atoms with van der Waals surface area (Å²) >= 11 is 0. The van der Waals surface area contributed by atoms with Crippen LogP contribution < -0.4 is 4.74 Å². The zero-order chi connectivity index (χ0) is 22.1. The van der Waals surface area contributed by atoms with Gasteiger partial charge in [-0.05, 0) is 69.3 Å². The van der Waals surface area contributed by atoms with E-state index in [-0.39, 0.29) is 5.41 Å². The van der Waals surface area contributed by atoms with Crippen LogP contribution in [0.1, 0.15) is 31.9 Å². The maximum Gasteiger partial charge on any atom is 0.247 e. The zero-order valence-corrected chi connectivity index (χ0v) is 18.6. The Labute approximate surface area is 184 Å². The molecule has 0 fully saturated rings. The van der Waals surface area contributed by atoms with Crippen molar-refractivity contribution in [3.05, 3.63) is 78.2 Å². The van der Waals surface area contributed by atoms with Gasteiger partial charge in [0.1, 0.15) is 12.4 Å². The van der Waals surface area contributed by atoms with Crippen molar-refractivity contribution in [2.45, 2.75) is 33.9 Å². The Morgan fingerprint density at radius 2 is 1.90 bits per heavy atom. The van der Waals surface area contributed by atoms with Crippen LogP contribution in [-0.2, 0) is 13.2 Å². The van der Waals surface area contributed by atoms with E-state index >= 15 is 0 Å². The second-order valence-corrected chi connectivity index (χ2v) is 8.50. The predicted molar refractivity (Wildman–Crippen MR) is 123 cm³/mol. The lowest BCUT2D eigenvalue weighted by molar-refractivity contribution is 0.304. The highest BCUT2D eigenvalue weighted by molar-refractivity contribution is 5.53. The summed E-state index contributed by atoms with van der Waals surface area (Å²) in [6.07, 6.45) is 5.36. The molecule has 0 saturated heterocycles. The minimum atomic E-state index is 0.0326. The van der Waals surface area contributed by atoms with Gasteiger partial charge < -0.3 is 9.15 Å². The van der Waals surface area contributed by atoms with Crippen LogP contribution in [0.3, 0.4) is 0 Å². The van der Waals surface area contributed by atoms with Crippen molar-refractivity contribution >= 4 is 0 Å². The molecule has 5 heteroatoms. The minimum Gasteiger partial charge on any atom is -0.489 e. The van der Waals surface area contributed by atoms with E-state index < -0.39 is 0 Å². The van der Waals surface area contributed by atoms with Gasteiger partial charge in [0.25, 0.3) is 0 Å². The van der Waals surface area contributed by atoms with Crippen LogP contribution in [0.5, 0.6) is 5.75 Å². The number of nitrogens with zero attached hydrogens (tertiary/aromatic N) is 3. The van der Waals surface area contributed by atoms with Crippen molar-refractivity contribution in [2.24, 2.45) is 5.41 Å². The van der Waals surface area contributed by atoms with E-state index in [1.165, 1.54) is 12.0 Å². The molecule has 0 aliphatic heterocycles. The molecule has 0 amide bonds. The lowest BCUT2D eigenvalue weighted by Crippen LogP contribution is -2.17. The van der Waals surface area contributed by atoms with E-state index in [1.54, 1.807) is 0 Å². The van der Waals surface area contributed by atoms with Gasteiger partial charge in [-0.15, -0.1) is 10.2 Å². The summed E-state index contributed by atoms with van der Waals surface area (Å²) in [6, 6.07) is 16.1. The van der Waals surface area contributed by atoms with Crippen LogP contribution in [-0.4, -0.2) is 28.7 Å². The summed E-state index contributed by atoms with van der Waals surface area (Å²) in [5.41, 5.74) is 3.16. The lowest BCUT2D eigenvalue weighted by atomic mass is 9.98. The standard InChI is InChI=1S/C26H29N3O2/c1-26(2,3)14-6-5-7-15-29(4)18-21-10-9-13-24(17-21)30-19-22-11-8-12-23(16-22)25-28-27-20-31-25/h5,7-13,16-17,20H,15,18-19H2,1-4H3/b7-5+. The van der Waals surface area contributed by atoms with E-state index in [0.717, 1.165) is 30.0 Å². The van der Waals surface area contributed by atoms with Crippen LogP contribution in [0.25, 0.3) is 11.5 Å². The quantitative estimate of drug-likeness (QED) is 0.464. The first-order valence-corrected chi connectivity index (χ1v) is 10.3. The topological polar surface area (TPSA) is 51.4 Å². The van der Waals surface area contributed by atoms with E-state index in [1.807, 2.05) is 42.5 Å². The van der Waals surface area contributed by atoms with E-state index in [9.17, 15) is 0 Å². The third kappa shape index (κ3) is 7.76. The van der Waals surface area contributed by atoms with Gasteiger partial charge in [0.15, 0.2) is 0 Å². The summed E-state index contributed by atoms with van der Waals surface area (Å²) in [5.74, 6) is 7.67. The number of allylic oxidation sites excluding steroid dienone is 1. The largest absolute Gasteiger partial charge is 0.489 e. The second kappa shape index (κ2) is 10.6. The summed E-state index contributed by atoms with van der Waals surface area (Å²) in [6.45, 7) is 8.47. The molecular weight excluding hydrogens is 386 g/mol. The highest BCUT2D eigenvalue weighted by Gasteiger charge is 2.06. The number of ether oxygens (including phenoxy) is 1. The molecule has 0 aliphatic carbocycles. The van der Waals surface area contributed by atoms with E-state index in [4.69, 9.17) is 9.15 Å². The van der Waals surface area contributed by atoms with Gasteiger partial charge in [-0.3, -0.25) is 4.90 Å². The van der Waals surface area contributed by atoms with Crippen LogP contribution in [0.4, 0.5) is 0 Å². The van der Waals surface area contributed by atoms with Crippen molar-refractivity contribution < 1.29 is 9.15 Å². The Balaban J connectivity index is 1.53.